The second-order valence-corrected chi connectivity index (χ2v) is 6.95. The van der Waals surface area contributed by atoms with Crippen molar-refractivity contribution in [2.45, 2.75) is 29.6 Å². The van der Waals surface area contributed by atoms with Crippen LogP contribution in [0.25, 0.3) is 0 Å². The Bertz CT molecular complexity index is 475. The highest BCUT2D eigenvalue weighted by Gasteiger charge is 2.52. The normalized spacial score (nSPS) is 16.2. The number of benzene rings is 1. The number of ether oxygens (including phenoxy) is 1. The van der Waals surface area contributed by atoms with E-state index >= 15 is 0 Å². The molecule has 2 nitrogen and oxygen atoms in total. The van der Waals surface area contributed by atoms with Crippen LogP contribution in [0.5, 0.6) is 0 Å². The van der Waals surface area contributed by atoms with E-state index in [0.29, 0.717) is 0 Å². The molecule has 19 heavy (non-hydrogen) atoms. The quantitative estimate of drug-likeness (QED) is 0.324. The van der Waals surface area contributed by atoms with Gasteiger partial charge in [-0.15, -0.1) is 11.8 Å². The van der Waals surface area contributed by atoms with Crippen LogP contribution < -0.4 is 0 Å². The van der Waals surface area contributed by atoms with Crippen molar-refractivity contribution in [3.8, 4) is 0 Å². The first kappa shape index (κ1) is 15.2. The summed E-state index contributed by atoms with van der Waals surface area (Å²) in [6.07, 6.45) is 2.81. The number of rotatable bonds is 6. The molecule has 0 heterocycles. The van der Waals surface area contributed by atoms with Crippen molar-refractivity contribution in [2.24, 2.45) is 0 Å². The minimum atomic E-state index is -0.433. The topological polar surface area (TPSA) is 26.3 Å². The van der Waals surface area contributed by atoms with Crippen molar-refractivity contribution in [1.29, 1.82) is 0 Å². The number of methoxy groups -OCH3 is 1. The largest absolute Gasteiger partial charge is 0.468 e. The van der Waals surface area contributed by atoms with Gasteiger partial charge in [-0.3, -0.25) is 4.79 Å². The average molecular weight is 364 g/mol. The molecule has 104 valence electrons. The van der Waals surface area contributed by atoms with Gasteiger partial charge in [-0.2, -0.15) is 0 Å². The lowest BCUT2D eigenvalue weighted by molar-refractivity contribution is -0.143. The highest BCUT2D eigenvalue weighted by Crippen LogP contribution is 2.50. The van der Waals surface area contributed by atoms with Gasteiger partial charge in [-0.1, -0.05) is 33.6 Å². The van der Waals surface area contributed by atoms with Crippen molar-refractivity contribution in [3.63, 3.8) is 0 Å². The van der Waals surface area contributed by atoms with Crippen LogP contribution in [-0.2, 0) is 14.9 Å². The number of hydrogen-bond acceptors (Lipinski definition) is 3. The molecule has 0 N–H and O–H groups in total. The van der Waals surface area contributed by atoms with Crippen LogP contribution in [0.1, 0.15) is 24.8 Å². The minimum absolute atomic E-state index is 0.150. The molecule has 1 saturated carbocycles. The predicted octanol–water partition coefficient (Wildman–Crippen LogP) is 4.42. The molecule has 1 aliphatic rings. The van der Waals surface area contributed by atoms with E-state index in [1.54, 1.807) is 11.8 Å². The SMILES string of the molecule is COC(=O)C1(c2ccc(SCCCBr)c(Cl)c2)CC1. The number of esters is 1. The van der Waals surface area contributed by atoms with Crippen molar-refractivity contribution in [1.82, 2.24) is 0 Å². The van der Waals surface area contributed by atoms with Gasteiger partial charge in [0.1, 0.15) is 0 Å². The van der Waals surface area contributed by atoms with Crippen LogP contribution in [0.3, 0.4) is 0 Å². The highest BCUT2D eigenvalue weighted by molar-refractivity contribution is 9.09. The Kier molecular flexibility index (Phi) is 5.21. The maximum Gasteiger partial charge on any atom is 0.316 e. The number of hydrogen-bond donors (Lipinski definition) is 0. The van der Waals surface area contributed by atoms with E-state index in [1.807, 2.05) is 18.2 Å². The summed E-state index contributed by atoms with van der Waals surface area (Å²) < 4.78 is 4.89. The molecular formula is C14H16BrClO2S. The van der Waals surface area contributed by atoms with E-state index in [0.717, 1.165) is 45.8 Å². The predicted molar refractivity (Wildman–Crippen MR) is 83.5 cm³/mol. The zero-order valence-corrected chi connectivity index (χ0v) is 13.9. The van der Waals surface area contributed by atoms with Crippen molar-refractivity contribution >= 4 is 45.3 Å². The molecule has 1 aromatic carbocycles. The van der Waals surface area contributed by atoms with Gasteiger partial charge in [0.15, 0.2) is 0 Å². The molecule has 1 aromatic rings. The Labute approximate surface area is 131 Å². The summed E-state index contributed by atoms with van der Waals surface area (Å²) >= 11 is 11.5. The average Bonchev–Trinajstić information content (AvgIpc) is 3.21. The van der Waals surface area contributed by atoms with Gasteiger partial charge in [0.25, 0.3) is 0 Å². The van der Waals surface area contributed by atoms with Gasteiger partial charge >= 0.3 is 5.97 Å². The zero-order chi connectivity index (χ0) is 13.9. The summed E-state index contributed by atoms with van der Waals surface area (Å²) in [6, 6.07) is 5.94. The molecule has 0 bridgehead atoms. The van der Waals surface area contributed by atoms with E-state index < -0.39 is 5.41 Å². The standard InChI is InChI=1S/C14H16BrClO2S/c1-18-13(17)14(5-6-14)10-3-4-12(11(16)9-10)19-8-2-7-15/h3-4,9H,2,5-8H2,1H3. The molecular weight excluding hydrogens is 348 g/mol. The highest BCUT2D eigenvalue weighted by atomic mass is 79.9. The second-order valence-electron chi connectivity index (χ2n) is 4.61. The molecule has 0 aliphatic heterocycles. The Morgan fingerprint density at radius 3 is 2.79 bits per heavy atom. The Balaban J connectivity index is 2.13. The van der Waals surface area contributed by atoms with Gasteiger partial charge < -0.3 is 4.74 Å². The van der Waals surface area contributed by atoms with Crippen molar-refractivity contribution < 1.29 is 9.53 Å². The lowest BCUT2D eigenvalue weighted by Gasteiger charge is -2.14. The number of thioether (sulfide) groups is 1. The third-order valence-corrected chi connectivity index (χ3v) is 5.49. The minimum Gasteiger partial charge on any atom is -0.468 e. The molecule has 2 rings (SSSR count). The van der Waals surface area contributed by atoms with Crippen LogP contribution in [0, 0.1) is 0 Å². The Morgan fingerprint density at radius 1 is 1.53 bits per heavy atom. The fourth-order valence-corrected chi connectivity index (χ4v) is 3.95. The number of carbonyl (C=O) groups excluding carboxylic acids is 1. The van der Waals surface area contributed by atoms with Crippen LogP contribution in [0.2, 0.25) is 5.02 Å². The van der Waals surface area contributed by atoms with Gasteiger partial charge in [-0.25, -0.2) is 0 Å². The van der Waals surface area contributed by atoms with E-state index in [1.165, 1.54) is 7.11 Å². The smallest absolute Gasteiger partial charge is 0.316 e. The molecule has 1 aliphatic carbocycles. The molecule has 5 heteroatoms. The summed E-state index contributed by atoms with van der Waals surface area (Å²) in [5.74, 6) is 0.884. The van der Waals surface area contributed by atoms with Crippen LogP contribution >= 0.6 is 39.3 Å². The van der Waals surface area contributed by atoms with Gasteiger partial charge in [0.2, 0.25) is 0 Å². The molecule has 0 spiro atoms. The third kappa shape index (κ3) is 3.29. The fourth-order valence-electron chi connectivity index (χ4n) is 2.08. The Morgan fingerprint density at radius 2 is 2.26 bits per heavy atom. The monoisotopic (exact) mass is 362 g/mol. The number of carbonyl (C=O) groups is 1. The van der Waals surface area contributed by atoms with Crippen LogP contribution in [-0.4, -0.2) is 24.2 Å². The maximum absolute atomic E-state index is 11.8. The van der Waals surface area contributed by atoms with Crippen molar-refractivity contribution in [2.75, 3.05) is 18.2 Å². The van der Waals surface area contributed by atoms with Gasteiger partial charge in [0, 0.05) is 10.2 Å². The second kappa shape index (κ2) is 6.51. The maximum atomic E-state index is 11.8. The van der Waals surface area contributed by atoms with Crippen LogP contribution in [0.4, 0.5) is 0 Å². The van der Waals surface area contributed by atoms with E-state index in [4.69, 9.17) is 16.3 Å². The number of alkyl halides is 1. The molecule has 0 atom stereocenters. The molecule has 1 fully saturated rings. The van der Waals surface area contributed by atoms with E-state index in [2.05, 4.69) is 15.9 Å². The zero-order valence-electron chi connectivity index (χ0n) is 10.7. The summed E-state index contributed by atoms with van der Waals surface area (Å²) in [5.41, 5.74) is 0.548. The summed E-state index contributed by atoms with van der Waals surface area (Å²) in [5, 5.41) is 1.73. The lowest BCUT2D eigenvalue weighted by Crippen LogP contribution is -2.21. The first-order valence-corrected chi connectivity index (χ1v) is 8.70. The summed E-state index contributed by atoms with van der Waals surface area (Å²) in [7, 11) is 1.44. The van der Waals surface area contributed by atoms with Gasteiger partial charge in [-0.05, 0) is 42.7 Å². The summed E-state index contributed by atoms with van der Waals surface area (Å²) in [4.78, 5) is 12.9. The summed E-state index contributed by atoms with van der Waals surface area (Å²) in [6.45, 7) is 0. The van der Waals surface area contributed by atoms with E-state index in [9.17, 15) is 4.79 Å². The molecule has 0 radical (unpaired) electrons. The fraction of sp³-hybridized carbons (Fsp3) is 0.500. The van der Waals surface area contributed by atoms with Gasteiger partial charge in [0.05, 0.1) is 17.5 Å². The first-order chi connectivity index (χ1) is 9.14. The molecule has 0 saturated heterocycles. The molecule has 0 amide bonds. The lowest BCUT2D eigenvalue weighted by atomic mass is 9.96. The molecule has 0 unspecified atom stereocenters. The van der Waals surface area contributed by atoms with Crippen LogP contribution in [0.15, 0.2) is 23.1 Å². The Hall–Kier alpha value is -0.190. The third-order valence-electron chi connectivity index (χ3n) is 3.35. The number of halogens is 2. The van der Waals surface area contributed by atoms with E-state index in [-0.39, 0.29) is 5.97 Å². The molecule has 0 aromatic heterocycles. The van der Waals surface area contributed by atoms with Crippen molar-refractivity contribution in [3.05, 3.63) is 28.8 Å². The first-order valence-electron chi connectivity index (χ1n) is 6.21.